The lowest BCUT2D eigenvalue weighted by atomic mass is 9.63. The fourth-order valence-electron chi connectivity index (χ4n) is 6.17. The predicted molar refractivity (Wildman–Crippen MR) is 176 cm³/mol. The molecule has 1 aliphatic carbocycles. The minimum absolute atomic E-state index is 0.0597. The van der Waals surface area contributed by atoms with Gasteiger partial charge >= 0.3 is 0 Å². The molecule has 5 aromatic rings. The van der Waals surface area contributed by atoms with Crippen molar-refractivity contribution in [3.05, 3.63) is 82.7 Å². The lowest BCUT2D eigenvalue weighted by Gasteiger charge is -2.41. The van der Waals surface area contributed by atoms with Gasteiger partial charge in [-0.25, -0.2) is 9.55 Å². The SMILES string of the molecule is [2H]C([2H])([2H])c1cc(-c2c(C)ccc3c2oc2nc4c(cc23)-c2ccccc2C4(C([2H])([2H])C(C)(C)C([2H])([2H])[2H])C([2H])([2H])C(C)(C([2H])([2H])[2H])C([2H])([2H])[2H])[n+](C)cc1C([2H])(C)C([2H])([2H])[2H]. The maximum atomic E-state index is 9.98. The molecule has 0 N–H and O–H groups in total. The van der Waals surface area contributed by atoms with E-state index >= 15 is 0 Å². The van der Waals surface area contributed by atoms with E-state index in [1.165, 1.54) is 41.1 Å². The van der Waals surface area contributed by atoms with E-state index in [0.717, 1.165) is 20.8 Å². The second-order valence-corrected chi connectivity index (χ2v) is 12.0. The summed E-state index contributed by atoms with van der Waals surface area (Å²) in [6, 6.07) is 12.0. The van der Waals surface area contributed by atoms with Crippen molar-refractivity contribution in [1.82, 2.24) is 4.98 Å². The number of benzene rings is 2. The first-order chi connectivity index (χ1) is 27.7. The van der Waals surface area contributed by atoms with Gasteiger partial charge in [0.15, 0.2) is 11.8 Å². The molecule has 3 heteroatoms. The Balaban J connectivity index is 1.81. The van der Waals surface area contributed by atoms with Crippen LogP contribution in [0, 0.1) is 24.6 Å². The molecular formula is C39H47N2O+. The zero-order valence-electron chi connectivity index (χ0n) is 44.5. The quantitative estimate of drug-likeness (QED) is 0.198. The summed E-state index contributed by atoms with van der Waals surface area (Å²) in [6.45, 7) is -10.6. The van der Waals surface area contributed by atoms with Gasteiger partial charge in [-0.05, 0) is 71.6 Å². The minimum atomic E-state index is -3.69. The van der Waals surface area contributed by atoms with Crippen molar-refractivity contribution in [3.63, 3.8) is 0 Å². The molecule has 1 aliphatic rings. The van der Waals surface area contributed by atoms with Crippen LogP contribution in [0.4, 0.5) is 0 Å². The van der Waals surface area contributed by atoms with E-state index in [2.05, 4.69) is 0 Å². The van der Waals surface area contributed by atoms with Gasteiger partial charge < -0.3 is 4.42 Å². The molecule has 42 heavy (non-hydrogen) atoms. The van der Waals surface area contributed by atoms with E-state index in [0.29, 0.717) is 23.4 Å². The number of aromatic nitrogens is 2. The molecule has 2 unspecified atom stereocenters. The van der Waals surface area contributed by atoms with Gasteiger partial charge in [-0.2, -0.15) is 0 Å². The zero-order valence-corrected chi connectivity index (χ0v) is 24.5. The molecule has 0 fully saturated rings. The van der Waals surface area contributed by atoms with Crippen LogP contribution in [0.25, 0.3) is 44.5 Å². The van der Waals surface area contributed by atoms with Crippen LogP contribution in [0.3, 0.4) is 0 Å². The molecule has 218 valence electrons. The molecule has 3 nitrogen and oxygen atoms in total. The maximum absolute atomic E-state index is 9.98. The van der Waals surface area contributed by atoms with Crippen molar-refractivity contribution in [2.45, 2.75) is 92.9 Å². The fourth-order valence-corrected chi connectivity index (χ4v) is 6.17. The summed E-state index contributed by atoms with van der Waals surface area (Å²) >= 11 is 0. The Morgan fingerprint density at radius 3 is 2.50 bits per heavy atom. The highest BCUT2D eigenvalue weighted by molar-refractivity contribution is 6.10. The molecule has 0 saturated heterocycles. The van der Waals surface area contributed by atoms with Crippen LogP contribution >= 0.6 is 0 Å². The van der Waals surface area contributed by atoms with Gasteiger partial charge in [0.2, 0.25) is 11.4 Å². The van der Waals surface area contributed by atoms with E-state index in [1.54, 1.807) is 32.2 Å². The van der Waals surface area contributed by atoms with Gasteiger partial charge in [0.1, 0.15) is 7.05 Å². The van der Waals surface area contributed by atoms with Gasteiger partial charge in [0.05, 0.1) is 11.3 Å². The van der Waals surface area contributed by atoms with E-state index in [4.69, 9.17) is 31.3 Å². The van der Waals surface area contributed by atoms with Crippen LogP contribution in [0.15, 0.2) is 59.1 Å². The Labute approximate surface area is 280 Å². The summed E-state index contributed by atoms with van der Waals surface area (Å²) in [5.74, 6) is -2.33. The van der Waals surface area contributed by atoms with Crippen molar-refractivity contribution in [2.24, 2.45) is 17.9 Å². The number of fused-ring (bicyclic) bond motifs is 6. The number of pyridine rings is 2. The molecule has 0 aliphatic heterocycles. The Morgan fingerprint density at radius 1 is 1.00 bits per heavy atom. The number of hydrogen-bond donors (Lipinski definition) is 0. The number of hydrogen-bond acceptors (Lipinski definition) is 2. The molecule has 2 atom stereocenters. The Bertz CT molecular complexity index is 2610. The number of rotatable bonds is 4. The topological polar surface area (TPSA) is 29.9 Å². The smallest absolute Gasteiger partial charge is 0.227 e. The zero-order chi connectivity index (χ0) is 47.4. The summed E-state index contributed by atoms with van der Waals surface area (Å²) < 4.78 is 183. The standard InChI is InChI=1S/C39H47N2O/c1-23(2)30-20-41(11)32(18-25(30)4)33-24(3)16-17-27-29-19-28-26-14-12-13-15-31(26)39(21-37(5,6)7,22-38(8,9)10)35(28)40-36(29)42-34(27)33/h12-20,23H,21-22H2,1-11H3/q+1/i1D3,4D3,5D3,6D3,8D3,21D2,22D2,23D. The molecule has 0 radical (unpaired) electrons. The predicted octanol–water partition coefficient (Wildman–Crippen LogP) is 10.4. The van der Waals surface area contributed by atoms with E-state index in [1.807, 2.05) is 0 Å². The summed E-state index contributed by atoms with van der Waals surface area (Å²) in [7, 11) is 1.54. The first-order valence-corrected chi connectivity index (χ1v) is 13.7. The molecule has 6 rings (SSSR count). The third kappa shape index (κ3) is 4.57. The van der Waals surface area contributed by atoms with Gasteiger partial charge in [-0.1, -0.05) is 91.5 Å². The van der Waals surface area contributed by atoms with Crippen molar-refractivity contribution in [2.75, 3.05) is 0 Å². The van der Waals surface area contributed by atoms with Crippen LogP contribution in [0.2, 0.25) is 0 Å². The molecule has 3 heterocycles. The molecule has 3 aromatic heterocycles. The summed E-state index contributed by atoms with van der Waals surface area (Å²) in [4.78, 5) is 4.80. The highest BCUT2D eigenvalue weighted by Gasteiger charge is 2.49. The molecule has 0 bridgehead atoms. The van der Waals surface area contributed by atoms with Crippen LogP contribution in [-0.2, 0) is 12.5 Å². The number of nitrogens with zero attached hydrogens (tertiary/aromatic N) is 2. The average Bonchev–Trinajstić information content (AvgIpc) is 3.61. The molecule has 2 aromatic carbocycles. The number of aryl methyl sites for hydroxylation is 3. The third-order valence-electron chi connectivity index (χ3n) is 7.69. The summed E-state index contributed by atoms with van der Waals surface area (Å²) in [5.41, 5.74) is -9.15. The van der Waals surface area contributed by atoms with Gasteiger partial charge in [0.25, 0.3) is 0 Å². The summed E-state index contributed by atoms with van der Waals surface area (Å²) in [5, 5.41) is 0.676. The monoisotopic (exact) mass is 579 g/mol. The largest absolute Gasteiger partial charge is 0.437 e. The van der Waals surface area contributed by atoms with Gasteiger partial charge in [-0.3, -0.25) is 0 Å². The molecule has 0 spiro atoms. The van der Waals surface area contributed by atoms with Crippen molar-refractivity contribution in [1.29, 1.82) is 0 Å². The van der Waals surface area contributed by atoms with Crippen LogP contribution in [-0.4, -0.2) is 4.98 Å². The molecular weight excluding hydrogens is 512 g/mol. The van der Waals surface area contributed by atoms with Crippen molar-refractivity contribution in [3.8, 4) is 22.4 Å². The average molecular weight is 580 g/mol. The lowest BCUT2D eigenvalue weighted by Crippen LogP contribution is -2.35. The molecule has 0 amide bonds. The Morgan fingerprint density at radius 2 is 1.76 bits per heavy atom. The normalized spacial score (nSPS) is 27.6. The van der Waals surface area contributed by atoms with Crippen LogP contribution in [0.5, 0.6) is 0 Å². The van der Waals surface area contributed by atoms with Gasteiger partial charge in [0, 0.05) is 60.8 Å². The van der Waals surface area contributed by atoms with Crippen molar-refractivity contribution < 1.29 is 36.4 Å². The van der Waals surface area contributed by atoms with Crippen LogP contribution < -0.4 is 4.57 Å². The number of furan rings is 1. The lowest BCUT2D eigenvalue weighted by molar-refractivity contribution is -0.660. The fraction of sp³-hybridized carbons (Fsp3) is 0.436. The van der Waals surface area contributed by atoms with Crippen molar-refractivity contribution >= 4 is 22.1 Å². The first-order valence-electron chi connectivity index (χ1n) is 23.7. The summed E-state index contributed by atoms with van der Waals surface area (Å²) in [6.07, 6.45) is -5.77. The minimum Gasteiger partial charge on any atom is -0.437 e. The van der Waals surface area contributed by atoms with E-state index < -0.39 is 80.4 Å². The second kappa shape index (κ2) is 9.53. The third-order valence-corrected chi connectivity index (χ3v) is 7.69. The Kier molecular flexibility index (Phi) is 3.05. The van der Waals surface area contributed by atoms with E-state index in [-0.39, 0.29) is 44.6 Å². The second-order valence-electron chi connectivity index (χ2n) is 12.0. The van der Waals surface area contributed by atoms with E-state index in [9.17, 15) is 5.48 Å². The molecule has 0 saturated carbocycles. The van der Waals surface area contributed by atoms with Gasteiger partial charge in [-0.15, -0.1) is 0 Å². The Hall–Kier alpha value is -3.46. The maximum Gasteiger partial charge on any atom is 0.227 e. The first kappa shape index (κ1) is 13.5. The highest BCUT2D eigenvalue weighted by Crippen LogP contribution is 2.58. The van der Waals surface area contributed by atoms with Crippen LogP contribution in [0.1, 0.15) is 129 Å². The highest BCUT2D eigenvalue weighted by atomic mass is 16.3.